The molecule has 96 valence electrons. The molecule has 2 nitrogen and oxygen atoms in total. The summed E-state index contributed by atoms with van der Waals surface area (Å²) < 4.78 is 0. The maximum atomic E-state index is 10.2. The van der Waals surface area contributed by atoms with E-state index in [0.717, 1.165) is 34.8 Å². The topological polar surface area (TPSA) is 33.1 Å². The summed E-state index contributed by atoms with van der Waals surface area (Å²) in [6.07, 6.45) is 2.42. The Labute approximate surface area is 115 Å². The van der Waals surface area contributed by atoms with E-state index in [4.69, 9.17) is 4.98 Å². The molecule has 0 radical (unpaired) electrons. The first-order valence-electron chi connectivity index (χ1n) is 6.22. The lowest BCUT2D eigenvalue weighted by atomic mass is 9.77. The molecular formula is C14H17NOS2. The van der Waals surface area contributed by atoms with Gasteiger partial charge in [-0.1, -0.05) is 19.9 Å². The summed E-state index contributed by atoms with van der Waals surface area (Å²) in [6, 6.07) is 4.22. The molecule has 2 heterocycles. The number of aliphatic hydroxyl groups excluding tert-OH is 1. The second kappa shape index (κ2) is 4.44. The number of thiazole rings is 1. The molecule has 18 heavy (non-hydrogen) atoms. The van der Waals surface area contributed by atoms with Crippen molar-refractivity contribution < 1.29 is 5.11 Å². The minimum absolute atomic E-state index is 0.167. The first kappa shape index (κ1) is 12.3. The van der Waals surface area contributed by atoms with Gasteiger partial charge in [-0.15, -0.1) is 22.7 Å². The van der Waals surface area contributed by atoms with Crippen molar-refractivity contribution in [3.05, 3.63) is 38.0 Å². The highest BCUT2D eigenvalue weighted by Crippen LogP contribution is 2.43. The first-order valence-corrected chi connectivity index (χ1v) is 7.92. The summed E-state index contributed by atoms with van der Waals surface area (Å²) in [6.45, 7) is 4.41. The van der Waals surface area contributed by atoms with Gasteiger partial charge in [-0.2, -0.15) is 0 Å². The van der Waals surface area contributed by atoms with Crippen molar-refractivity contribution in [3.63, 3.8) is 0 Å². The number of thiophene rings is 1. The van der Waals surface area contributed by atoms with Gasteiger partial charge in [-0.25, -0.2) is 4.98 Å². The van der Waals surface area contributed by atoms with Gasteiger partial charge in [0.2, 0.25) is 0 Å². The summed E-state index contributed by atoms with van der Waals surface area (Å²) in [5.74, 6) is 0. The van der Waals surface area contributed by atoms with Crippen LogP contribution < -0.4 is 0 Å². The SMILES string of the molecule is CC1(C)Cc2nc(Cc3cccs3)sc2C(O)C1. The van der Waals surface area contributed by atoms with Crippen LogP contribution >= 0.6 is 22.7 Å². The first-order chi connectivity index (χ1) is 8.53. The molecule has 0 saturated carbocycles. The van der Waals surface area contributed by atoms with Gasteiger partial charge in [0.15, 0.2) is 0 Å². The predicted molar refractivity (Wildman–Crippen MR) is 76.3 cm³/mol. The molecule has 1 aliphatic rings. The third-order valence-electron chi connectivity index (χ3n) is 3.37. The summed E-state index contributed by atoms with van der Waals surface area (Å²) in [7, 11) is 0. The Bertz CT molecular complexity index is 542. The number of hydrogen-bond donors (Lipinski definition) is 1. The van der Waals surface area contributed by atoms with Gasteiger partial charge in [0, 0.05) is 11.3 Å². The summed E-state index contributed by atoms with van der Waals surface area (Å²) in [4.78, 5) is 7.18. The van der Waals surface area contributed by atoms with Gasteiger partial charge in [0.05, 0.1) is 21.7 Å². The lowest BCUT2D eigenvalue weighted by Crippen LogP contribution is -2.24. The van der Waals surface area contributed by atoms with Crippen LogP contribution in [-0.4, -0.2) is 10.1 Å². The Morgan fingerprint density at radius 1 is 1.50 bits per heavy atom. The van der Waals surface area contributed by atoms with Crippen molar-refractivity contribution in [2.45, 2.75) is 39.2 Å². The lowest BCUT2D eigenvalue weighted by Gasteiger charge is -2.31. The van der Waals surface area contributed by atoms with E-state index in [1.54, 1.807) is 22.7 Å². The molecular weight excluding hydrogens is 262 g/mol. The molecule has 1 atom stereocenters. The Morgan fingerprint density at radius 3 is 3.06 bits per heavy atom. The zero-order valence-corrected chi connectivity index (χ0v) is 12.3. The third kappa shape index (κ3) is 2.37. The Balaban J connectivity index is 1.88. The number of nitrogens with zero attached hydrogens (tertiary/aromatic N) is 1. The molecule has 2 aromatic heterocycles. The second-order valence-electron chi connectivity index (χ2n) is 5.74. The molecule has 3 rings (SSSR count). The van der Waals surface area contributed by atoms with E-state index in [1.807, 2.05) is 0 Å². The van der Waals surface area contributed by atoms with Crippen LogP contribution in [0.5, 0.6) is 0 Å². The monoisotopic (exact) mass is 279 g/mol. The van der Waals surface area contributed by atoms with Crippen LogP contribution in [0.15, 0.2) is 17.5 Å². The number of aromatic nitrogens is 1. The van der Waals surface area contributed by atoms with E-state index in [1.165, 1.54) is 4.88 Å². The highest BCUT2D eigenvalue weighted by molar-refractivity contribution is 7.12. The molecule has 1 unspecified atom stereocenters. The molecule has 0 aromatic carbocycles. The summed E-state index contributed by atoms with van der Waals surface area (Å²) in [5.41, 5.74) is 1.29. The maximum Gasteiger partial charge on any atom is 0.0984 e. The quantitative estimate of drug-likeness (QED) is 0.907. The molecule has 0 spiro atoms. The molecule has 0 bridgehead atoms. The van der Waals surface area contributed by atoms with Crippen LogP contribution in [0.25, 0.3) is 0 Å². The predicted octanol–water partition coefficient (Wildman–Crippen LogP) is 3.80. The number of rotatable bonds is 2. The summed E-state index contributed by atoms with van der Waals surface area (Å²) in [5, 5.41) is 13.4. The third-order valence-corrected chi connectivity index (χ3v) is 5.45. The van der Waals surface area contributed by atoms with Crippen LogP contribution in [0.3, 0.4) is 0 Å². The van der Waals surface area contributed by atoms with E-state index >= 15 is 0 Å². The van der Waals surface area contributed by atoms with E-state index in [-0.39, 0.29) is 11.5 Å². The van der Waals surface area contributed by atoms with Crippen LogP contribution in [0.2, 0.25) is 0 Å². The fraction of sp³-hybridized carbons (Fsp3) is 0.500. The molecule has 0 saturated heterocycles. The van der Waals surface area contributed by atoms with E-state index < -0.39 is 0 Å². The molecule has 4 heteroatoms. The molecule has 1 aliphatic carbocycles. The van der Waals surface area contributed by atoms with Crippen LogP contribution in [0, 0.1) is 5.41 Å². The molecule has 0 fully saturated rings. The van der Waals surface area contributed by atoms with Gasteiger partial charge in [-0.05, 0) is 29.7 Å². The van der Waals surface area contributed by atoms with Crippen molar-refractivity contribution in [1.29, 1.82) is 0 Å². The second-order valence-corrected chi connectivity index (χ2v) is 7.88. The van der Waals surface area contributed by atoms with Crippen molar-refractivity contribution >= 4 is 22.7 Å². The maximum absolute atomic E-state index is 10.2. The van der Waals surface area contributed by atoms with Gasteiger partial charge in [0.1, 0.15) is 0 Å². The largest absolute Gasteiger partial charge is 0.387 e. The van der Waals surface area contributed by atoms with Gasteiger partial charge in [0.25, 0.3) is 0 Å². The number of fused-ring (bicyclic) bond motifs is 1. The van der Waals surface area contributed by atoms with Gasteiger partial charge < -0.3 is 5.11 Å². The number of hydrogen-bond acceptors (Lipinski definition) is 4. The van der Waals surface area contributed by atoms with Crippen molar-refractivity contribution in [2.75, 3.05) is 0 Å². The minimum atomic E-state index is -0.321. The van der Waals surface area contributed by atoms with Crippen molar-refractivity contribution in [3.8, 4) is 0 Å². The van der Waals surface area contributed by atoms with Crippen molar-refractivity contribution in [1.82, 2.24) is 4.98 Å². The zero-order chi connectivity index (χ0) is 12.8. The lowest BCUT2D eigenvalue weighted by molar-refractivity contribution is 0.102. The zero-order valence-electron chi connectivity index (χ0n) is 10.6. The van der Waals surface area contributed by atoms with Gasteiger partial charge in [-0.3, -0.25) is 0 Å². The molecule has 0 amide bonds. The Kier molecular flexibility index (Phi) is 3.04. The van der Waals surface area contributed by atoms with E-state index in [2.05, 4.69) is 31.4 Å². The molecule has 1 N–H and O–H groups in total. The van der Waals surface area contributed by atoms with E-state index in [9.17, 15) is 5.11 Å². The number of aliphatic hydroxyl groups is 1. The normalized spacial score (nSPS) is 21.8. The fourth-order valence-electron chi connectivity index (χ4n) is 2.58. The average molecular weight is 279 g/mol. The Hall–Kier alpha value is -0.710. The van der Waals surface area contributed by atoms with Crippen LogP contribution in [0.4, 0.5) is 0 Å². The minimum Gasteiger partial charge on any atom is -0.387 e. The average Bonchev–Trinajstić information content (AvgIpc) is 2.86. The van der Waals surface area contributed by atoms with E-state index in [0.29, 0.717) is 0 Å². The smallest absolute Gasteiger partial charge is 0.0984 e. The fourth-order valence-corrected chi connectivity index (χ4v) is 4.47. The highest BCUT2D eigenvalue weighted by Gasteiger charge is 2.33. The van der Waals surface area contributed by atoms with Crippen LogP contribution in [-0.2, 0) is 12.8 Å². The van der Waals surface area contributed by atoms with Crippen molar-refractivity contribution in [2.24, 2.45) is 5.41 Å². The molecule has 0 aliphatic heterocycles. The summed E-state index contributed by atoms with van der Waals surface area (Å²) >= 11 is 3.46. The highest BCUT2D eigenvalue weighted by atomic mass is 32.1. The molecule has 2 aromatic rings. The Morgan fingerprint density at radius 2 is 2.33 bits per heavy atom. The van der Waals surface area contributed by atoms with Gasteiger partial charge >= 0.3 is 0 Å². The standard InChI is InChI=1S/C14H17NOS2/c1-14(2)7-10-13(11(16)8-14)18-12(15-10)6-9-4-3-5-17-9/h3-5,11,16H,6-8H2,1-2H3. The van der Waals surface area contributed by atoms with Crippen LogP contribution in [0.1, 0.15) is 46.8 Å².